The van der Waals surface area contributed by atoms with Crippen LogP contribution < -0.4 is 15.9 Å². The summed E-state index contributed by atoms with van der Waals surface area (Å²) in [5.41, 5.74) is 10.3. The third-order valence-electron chi connectivity index (χ3n) is 4.29. The Kier molecular flexibility index (Phi) is 6.60. The minimum absolute atomic E-state index is 0.0234. The van der Waals surface area contributed by atoms with Gasteiger partial charge in [-0.2, -0.15) is 9.78 Å². The van der Waals surface area contributed by atoms with E-state index in [2.05, 4.69) is 46.0 Å². The highest BCUT2D eigenvalue weighted by atomic mass is 32.2. The van der Waals surface area contributed by atoms with E-state index >= 15 is 0 Å². The molecule has 0 aliphatic rings. The Morgan fingerprint density at radius 2 is 2.18 bits per heavy atom. The average Bonchev–Trinajstić information content (AvgIpc) is 3.52. The van der Waals surface area contributed by atoms with Gasteiger partial charge in [0.05, 0.1) is 19.0 Å². The summed E-state index contributed by atoms with van der Waals surface area (Å²) in [7, 11) is 1.61. The van der Waals surface area contributed by atoms with Gasteiger partial charge in [-0.3, -0.25) is 4.79 Å². The van der Waals surface area contributed by atoms with Crippen molar-refractivity contribution in [3.8, 4) is 11.6 Å². The number of ether oxygens (including phenoxy) is 1. The molecular formula is C18H18N10O3S2. The molecule has 0 saturated heterocycles. The lowest BCUT2D eigenvalue weighted by Crippen LogP contribution is -2.22. The molecule has 0 aliphatic carbocycles. The maximum Gasteiger partial charge on any atom is 0.292 e. The second-order valence-electron chi connectivity index (χ2n) is 6.55. The maximum atomic E-state index is 12.7. The van der Waals surface area contributed by atoms with Crippen molar-refractivity contribution in [1.82, 2.24) is 40.9 Å². The molecule has 0 atom stereocenters. The van der Waals surface area contributed by atoms with Crippen LogP contribution >= 0.6 is 23.1 Å². The van der Waals surface area contributed by atoms with E-state index in [-0.39, 0.29) is 17.3 Å². The Balaban J connectivity index is 1.47. The molecular weight excluding hydrogens is 468 g/mol. The van der Waals surface area contributed by atoms with Gasteiger partial charge in [0, 0.05) is 11.3 Å². The number of aromatic nitrogens is 7. The van der Waals surface area contributed by atoms with Crippen LogP contribution in [0.4, 0.5) is 5.82 Å². The highest BCUT2D eigenvalue weighted by molar-refractivity contribution is 8.00. The summed E-state index contributed by atoms with van der Waals surface area (Å²) in [4.78, 5) is 12.7. The number of nitrogens with one attached hydrogen (secondary N) is 1. The molecule has 15 heteroatoms. The molecule has 1 amide bonds. The van der Waals surface area contributed by atoms with Gasteiger partial charge >= 0.3 is 0 Å². The van der Waals surface area contributed by atoms with E-state index in [1.165, 1.54) is 17.6 Å². The standard InChI is InChI=1S/C18H18N10O3S2/c1-9-14(28(27-21-9)16-15(19)25-31-26-16)17(29)23-20-7-11-4-5-13(30-3)12(6-11)8-32-18-24-22-10(2)33-18/h4-7H,8H2,1-3H3,(H2,19,25)(H,23,29). The van der Waals surface area contributed by atoms with Crippen LogP contribution in [0, 0.1) is 13.8 Å². The van der Waals surface area contributed by atoms with Gasteiger partial charge in [-0.1, -0.05) is 28.3 Å². The molecule has 0 radical (unpaired) electrons. The molecule has 3 N–H and O–H groups in total. The molecule has 4 aromatic rings. The lowest BCUT2D eigenvalue weighted by atomic mass is 10.1. The van der Waals surface area contributed by atoms with Crippen molar-refractivity contribution < 1.29 is 14.2 Å². The Bertz CT molecular complexity index is 1310. The molecule has 33 heavy (non-hydrogen) atoms. The predicted octanol–water partition coefficient (Wildman–Crippen LogP) is 1.77. The number of aryl methyl sites for hydroxylation is 2. The van der Waals surface area contributed by atoms with Gasteiger partial charge in [0.15, 0.2) is 10.0 Å². The summed E-state index contributed by atoms with van der Waals surface area (Å²) in [5.74, 6) is 0.877. The maximum absolute atomic E-state index is 12.7. The van der Waals surface area contributed by atoms with Gasteiger partial charge in [0.2, 0.25) is 11.6 Å². The van der Waals surface area contributed by atoms with Gasteiger partial charge < -0.3 is 10.5 Å². The van der Waals surface area contributed by atoms with E-state index in [0.717, 1.165) is 30.9 Å². The van der Waals surface area contributed by atoms with Crippen molar-refractivity contribution >= 4 is 41.0 Å². The lowest BCUT2D eigenvalue weighted by Gasteiger charge is -2.08. The number of anilines is 1. The number of hydrazone groups is 1. The average molecular weight is 487 g/mol. The molecule has 3 heterocycles. The summed E-state index contributed by atoms with van der Waals surface area (Å²) < 4.78 is 12.0. The molecule has 0 fully saturated rings. The fourth-order valence-corrected chi connectivity index (χ4v) is 4.58. The van der Waals surface area contributed by atoms with Crippen LogP contribution in [-0.4, -0.2) is 54.7 Å². The van der Waals surface area contributed by atoms with Gasteiger partial charge in [-0.05, 0) is 47.9 Å². The second kappa shape index (κ2) is 9.74. The number of nitrogen functional groups attached to an aromatic ring is 1. The summed E-state index contributed by atoms with van der Waals surface area (Å²) in [5, 5.41) is 28.0. The zero-order valence-electron chi connectivity index (χ0n) is 17.7. The molecule has 3 aromatic heterocycles. The largest absolute Gasteiger partial charge is 0.496 e. The first-order chi connectivity index (χ1) is 16.0. The van der Waals surface area contributed by atoms with E-state index in [4.69, 9.17) is 10.5 Å². The van der Waals surface area contributed by atoms with Crippen LogP contribution in [0.25, 0.3) is 5.82 Å². The van der Waals surface area contributed by atoms with E-state index < -0.39 is 5.91 Å². The molecule has 0 aliphatic heterocycles. The number of hydrogen-bond acceptors (Lipinski definition) is 13. The van der Waals surface area contributed by atoms with Crippen molar-refractivity contribution in [2.24, 2.45) is 5.10 Å². The third kappa shape index (κ3) is 4.98. The highest BCUT2D eigenvalue weighted by Gasteiger charge is 2.22. The molecule has 4 rings (SSSR count). The topological polar surface area (TPSA) is 172 Å². The van der Waals surface area contributed by atoms with Gasteiger partial charge in [-0.25, -0.2) is 10.1 Å². The molecule has 170 valence electrons. The minimum atomic E-state index is -0.549. The predicted molar refractivity (Wildman–Crippen MR) is 121 cm³/mol. The Morgan fingerprint density at radius 3 is 2.88 bits per heavy atom. The fraction of sp³-hybridized carbons (Fsp3) is 0.222. The number of nitrogens with zero attached hydrogens (tertiary/aromatic N) is 8. The fourth-order valence-electron chi connectivity index (χ4n) is 2.79. The summed E-state index contributed by atoms with van der Waals surface area (Å²) in [6.45, 7) is 3.54. The number of benzene rings is 1. The van der Waals surface area contributed by atoms with Crippen LogP contribution in [-0.2, 0) is 5.75 Å². The number of carbonyl (C=O) groups is 1. The van der Waals surface area contributed by atoms with Crippen LogP contribution in [0.15, 0.2) is 32.3 Å². The number of amides is 1. The number of hydrogen-bond donors (Lipinski definition) is 2. The van der Waals surface area contributed by atoms with E-state index in [1.807, 2.05) is 25.1 Å². The molecule has 13 nitrogen and oxygen atoms in total. The van der Waals surface area contributed by atoms with E-state index in [0.29, 0.717) is 11.4 Å². The molecule has 0 unspecified atom stereocenters. The zero-order chi connectivity index (χ0) is 23.4. The number of thioether (sulfide) groups is 1. The minimum Gasteiger partial charge on any atom is -0.496 e. The van der Waals surface area contributed by atoms with Crippen LogP contribution in [0.1, 0.15) is 32.3 Å². The first kappa shape index (κ1) is 22.3. The number of methoxy groups -OCH3 is 1. The Labute approximate surface area is 195 Å². The molecule has 0 spiro atoms. The van der Waals surface area contributed by atoms with Crippen molar-refractivity contribution in [3.05, 3.63) is 45.7 Å². The summed E-state index contributed by atoms with van der Waals surface area (Å²) in [6, 6.07) is 5.60. The van der Waals surface area contributed by atoms with Crippen molar-refractivity contribution in [2.75, 3.05) is 12.8 Å². The van der Waals surface area contributed by atoms with Crippen molar-refractivity contribution in [2.45, 2.75) is 23.9 Å². The lowest BCUT2D eigenvalue weighted by molar-refractivity contribution is 0.0946. The SMILES string of the molecule is COc1ccc(C=NNC(=O)c2c(C)nnn2-c2nonc2N)cc1CSc1nnc(C)s1. The van der Waals surface area contributed by atoms with Crippen molar-refractivity contribution in [3.63, 3.8) is 0 Å². The van der Waals surface area contributed by atoms with Gasteiger partial charge in [0.1, 0.15) is 10.8 Å². The number of carbonyl (C=O) groups excluding carboxylic acids is 1. The Morgan fingerprint density at radius 1 is 1.33 bits per heavy atom. The smallest absolute Gasteiger partial charge is 0.292 e. The quantitative estimate of drug-likeness (QED) is 0.211. The summed E-state index contributed by atoms with van der Waals surface area (Å²) >= 11 is 3.10. The first-order valence-electron chi connectivity index (χ1n) is 9.40. The molecule has 1 aromatic carbocycles. The van der Waals surface area contributed by atoms with Gasteiger partial charge in [0.25, 0.3) is 5.91 Å². The Hall–Kier alpha value is -3.85. The number of nitrogens with two attached hydrogens (primary N) is 1. The van der Waals surface area contributed by atoms with E-state index in [1.54, 1.807) is 25.8 Å². The van der Waals surface area contributed by atoms with Crippen molar-refractivity contribution in [1.29, 1.82) is 0 Å². The molecule has 0 bridgehead atoms. The van der Waals surface area contributed by atoms with Crippen LogP contribution in [0.5, 0.6) is 5.75 Å². The summed E-state index contributed by atoms with van der Waals surface area (Å²) in [6.07, 6.45) is 1.52. The third-order valence-corrected chi connectivity index (χ3v) is 6.31. The monoisotopic (exact) mass is 486 g/mol. The molecule has 0 saturated carbocycles. The zero-order valence-corrected chi connectivity index (χ0v) is 19.3. The van der Waals surface area contributed by atoms with E-state index in [9.17, 15) is 4.79 Å². The number of rotatable bonds is 8. The normalized spacial score (nSPS) is 11.2. The highest BCUT2D eigenvalue weighted by Crippen LogP contribution is 2.30. The first-order valence-corrected chi connectivity index (χ1v) is 11.2. The van der Waals surface area contributed by atoms with Crippen LogP contribution in [0.2, 0.25) is 0 Å². The van der Waals surface area contributed by atoms with Gasteiger partial charge in [-0.15, -0.1) is 15.3 Å². The second-order valence-corrected chi connectivity index (χ2v) is 8.96. The van der Waals surface area contributed by atoms with Crippen LogP contribution in [0.3, 0.4) is 0 Å².